The molecule has 0 bridgehead atoms. The monoisotopic (exact) mass is 234 g/mol. The molecule has 4 atom stereocenters. The average molecular weight is 234 g/mol. The maximum absolute atomic E-state index is 11.1. The highest BCUT2D eigenvalue weighted by atomic mass is 16.5. The van der Waals surface area contributed by atoms with E-state index in [1.54, 1.807) is 0 Å². The van der Waals surface area contributed by atoms with Gasteiger partial charge in [0, 0.05) is 6.42 Å². The SMILES string of the molecule is NC(=O)[C@@H](O)[C@@H](O)[C@H](O)[C@@]1(C(N)=O)CCO1. The van der Waals surface area contributed by atoms with E-state index in [1.807, 2.05) is 0 Å². The van der Waals surface area contributed by atoms with Gasteiger partial charge >= 0.3 is 0 Å². The molecule has 0 aromatic heterocycles. The molecule has 0 radical (unpaired) electrons. The van der Waals surface area contributed by atoms with E-state index in [2.05, 4.69) is 0 Å². The van der Waals surface area contributed by atoms with Crippen molar-refractivity contribution in [1.82, 2.24) is 0 Å². The molecule has 0 unspecified atom stereocenters. The van der Waals surface area contributed by atoms with Crippen molar-refractivity contribution in [3.8, 4) is 0 Å². The van der Waals surface area contributed by atoms with Crippen molar-refractivity contribution >= 4 is 11.8 Å². The second kappa shape index (κ2) is 4.34. The Labute approximate surface area is 90.8 Å². The minimum atomic E-state index is -1.99. The van der Waals surface area contributed by atoms with E-state index in [0.29, 0.717) is 0 Å². The minimum Gasteiger partial charge on any atom is -0.387 e. The average Bonchev–Trinajstić information content (AvgIpc) is 2.12. The summed E-state index contributed by atoms with van der Waals surface area (Å²) >= 11 is 0. The van der Waals surface area contributed by atoms with Crippen LogP contribution < -0.4 is 11.5 Å². The zero-order chi connectivity index (χ0) is 12.5. The van der Waals surface area contributed by atoms with Crippen LogP contribution in [0.3, 0.4) is 0 Å². The van der Waals surface area contributed by atoms with Crippen molar-refractivity contribution in [2.45, 2.75) is 30.3 Å². The number of rotatable bonds is 5. The molecule has 16 heavy (non-hydrogen) atoms. The number of carbonyl (C=O) groups is 2. The number of hydrogen-bond donors (Lipinski definition) is 5. The van der Waals surface area contributed by atoms with Crippen LogP contribution in [0.15, 0.2) is 0 Å². The van der Waals surface area contributed by atoms with Crippen LogP contribution in [0, 0.1) is 0 Å². The molecule has 8 heteroatoms. The normalized spacial score (nSPS) is 29.9. The van der Waals surface area contributed by atoms with Crippen molar-refractivity contribution in [3.05, 3.63) is 0 Å². The molecule has 7 N–H and O–H groups in total. The molecule has 1 rings (SSSR count). The summed E-state index contributed by atoms with van der Waals surface area (Å²) in [6.07, 6.45) is -5.62. The molecule has 1 saturated heterocycles. The van der Waals surface area contributed by atoms with E-state index in [1.165, 1.54) is 0 Å². The van der Waals surface area contributed by atoms with Crippen LogP contribution in [0.25, 0.3) is 0 Å². The van der Waals surface area contributed by atoms with E-state index < -0.39 is 35.7 Å². The standard InChI is InChI=1S/C8H14N2O6/c9-6(14)4(12)3(11)5(13)8(7(10)15)1-2-16-8/h3-5,11-13H,1-2H2,(H2,9,14)(H2,10,15)/t3-,4+,5+,8-/m1/s1. The number of hydrogen-bond acceptors (Lipinski definition) is 6. The first-order chi connectivity index (χ1) is 7.33. The zero-order valence-corrected chi connectivity index (χ0v) is 8.37. The minimum absolute atomic E-state index is 0.103. The third-order valence-electron chi connectivity index (χ3n) is 2.67. The second-order valence-corrected chi connectivity index (χ2v) is 3.63. The van der Waals surface area contributed by atoms with Crippen LogP contribution >= 0.6 is 0 Å². The molecular weight excluding hydrogens is 220 g/mol. The highest BCUT2D eigenvalue weighted by Crippen LogP contribution is 2.32. The van der Waals surface area contributed by atoms with Crippen LogP contribution in [-0.2, 0) is 14.3 Å². The van der Waals surface area contributed by atoms with Gasteiger partial charge in [-0.2, -0.15) is 0 Å². The summed E-state index contributed by atoms with van der Waals surface area (Å²) in [5.74, 6) is -2.19. The van der Waals surface area contributed by atoms with E-state index in [0.717, 1.165) is 0 Å². The van der Waals surface area contributed by atoms with Crippen LogP contribution in [0.1, 0.15) is 6.42 Å². The largest absolute Gasteiger partial charge is 0.387 e. The smallest absolute Gasteiger partial charge is 0.252 e. The van der Waals surface area contributed by atoms with Gasteiger partial charge in [0.2, 0.25) is 5.91 Å². The van der Waals surface area contributed by atoms with Gasteiger partial charge in [-0.3, -0.25) is 9.59 Å². The molecular formula is C8H14N2O6. The number of aliphatic hydroxyl groups is 3. The van der Waals surface area contributed by atoms with Gasteiger partial charge in [-0.05, 0) is 0 Å². The number of primary amides is 2. The van der Waals surface area contributed by atoms with E-state index >= 15 is 0 Å². The highest BCUT2D eigenvalue weighted by Gasteiger charge is 2.54. The summed E-state index contributed by atoms with van der Waals surface area (Å²) in [6, 6.07) is 0. The summed E-state index contributed by atoms with van der Waals surface area (Å²) < 4.78 is 4.84. The van der Waals surface area contributed by atoms with Crippen molar-refractivity contribution < 1.29 is 29.6 Å². The molecule has 0 spiro atoms. The molecule has 0 aliphatic carbocycles. The first-order valence-corrected chi connectivity index (χ1v) is 4.60. The summed E-state index contributed by atoms with van der Waals surface area (Å²) in [7, 11) is 0. The van der Waals surface area contributed by atoms with Gasteiger partial charge in [-0.1, -0.05) is 0 Å². The Kier molecular flexibility index (Phi) is 3.48. The second-order valence-electron chi connectivity index (χ2n) is 3.63. The Hall–Kier alpha value is -1.22. The summed E-state index contributed by atoms with van der Waals surface area (Å²) in [5, 5.41) is 28.2. The first kappa shape index (κ1) is 12.8. The number of nitrogens with two attached hydrogens (primary N) is 2. The van der Waals surface area contributed by atoms with Crippen LogP contribution in [-0.4, -0.2) is 57.7 Å². The lowest BCUT2D eigenvalue weighted by Crippen LogP contribution is -2.67. The Balaban J connectivity index is 2.80. The predicted octanol–water partition coefficient (Wildman–Crippen LogP) is -3.80. The van der Waals surface area contributed by atoms with Gasteiger partial charge in [0.25, 0.3) is 5.91 Å². The maximum atomic E-state index is 11.1. The van der Waals surface area contributed by atoms with E-state index in [9.17, 15) is 19.8 Å². The fraction of sp³-hybridized carbons (Fsp3) is 0.750. The fourth-order valence-corrected chi connectivity index (χ4v) is 1.51. The van der Waals surface area contributed by atoms with Gasteiger partial charge in [-0.15, -0.1) is 0 Å². The Morgan fingerprint density at radius 1 is 1.25 bits per heavy atom. The lowest BCUT2D eigenvalue weighted by Gasteiger charge is -2.44. The van der Waals surface area contributed by atoms with Crippen molar-refractivity contribution in [1.29, 1.82) is 0 Å². The fourth-order valence-electron chi connectivity index (χ4n) is 1.51. The number of carbonyl (C=O) groups excluding carboxylic acids is 2. The number of aliphatic hydroxyl groups excluding tert-OH is 3. The quantitative estimate of drug-likeness (QED) is 0.328. The maximum Gasteiger partial charge on any atom is 0.252 e. The van der Waals surface area contributed by atoms with Crippen molar-refractivity contribution in [3.63, 3.8) is 0 Å². The van der Waals surface area contributed by atoms with Gasteiger partial charge in [0.1, 0.15) is 12.2 Å². The van der Waals surface area contributed by atoms with Crippen molar-refractivity contribution in [2.24, 2.45) is 11.5 Å². The van der Waals surface area contributed by atoms with Gasteiger partial charge in [0.05, 0.1) is 6.61 Å². The molecule has 8 nitrogen and oxygen atoms in total. The molecule has 0 saturated carbocycles. The summed E-state index contributed by atoms with van der Waals surface area (Å²) in [5.41, 5.74) is 8.00. The Morgan fingerprint density at radius 2 is 1.75 bits per heavy atom. The van der Waals surface area contributed by atoms with Crippen molar-refractivity contribution in [2.75, 3.05) is 6.61 Å². The number of amides is 2. The lowest BCUT2D eigenvalue weighted by atomic mass is 9.83. The van der Waals surface area contributed by atoms with Gasteiger partial charge in [0.15, 0.2) is 11.7 Å². The molecule has 2 amide bonds. The molecule has 1 fully saturated rings. The number of ether oxygens (including phenoxy) is 1. The Bertz CT molecular complexity index is 303. The van der Waals surface area contributed by atoms with E-state index in [-0.39, 0.29) is 13.0 Å². The molecule has 1 heterocycles. The molecule has 1 aliphatic heterocycles. The zero-order valence-electron chi connectivity index (χ0n) is 8.37. The summed E-state index contributed by atoms with van der Waals surface area (Å²) in [6.45, 7) is 0.194. The third-order valence-corrected chi connectivity index (χ3v) is 2.67. The molecule has 92 valence electrons. The predicted molar refractivity (Wildman–Crippen MR) is 49.7 cm³/mol. The third kappa shape index (κ3) is 1.87. The van der Waals surface area contributed by atoms with Crippen LogP contribution in [0.5, 0.6) is 0 Å². The van der Waals surface area contributed by atoms with Crippen LogP contribution in [0.4, 0.5) is 0 Å². The van der Waals surface area contributed by atoms with Gasteiger partial charge in [-0.25, -0.2) is 0 Å². The Morgan fingerprint density at radius 3 is 2.00 bits per heavy atom. The molecule has 0 aromatic rings. The van der Waals surface area contributed by atoms with Crippen LogP contribution in [0.2, 0.25) is 0 Å². The van der Waals surface area contributed by atoms with E-state index in [4.69, 9.17) is 21.3 Å². The topological polar surface area (TPSA) is 156 Å². The molecule has 1 aliphatic rings. The molecule has 0 aromatic carbocycles. The first-order valence-electron chi connectivity index (χ1n) is 4.60. The lowest BCUT2D eigenvalue weighted by molar-refractivity contribution is -0.228. The van der Waals surface area contributed by atoms with Gasteiger partial charge < -0.3 is 31.5 Å². The highest BCUT2D eigenvalue weighted by molar-refractivity contribution is 5.86. The summed E-state index contributed by atoms with van der Waals surface area (Å²) in [4.78, 5) is 21.7.